The Balaban J connectivity index is 2.31. The SMILES string of the molecule is COc1ccc2c(c1)CNC(C)C2. The standard InChI is InChI=1S/C11H15NO/c1-8-5-9-3-4-11(13-2)6-10(9)7-12-8/h3-4,6,8,12H,5,7H2,1-2H3. The lowest BCUT2D eigenvalue weighted by Gasteiger charge is -2.23. The molecule has 0 saturated carbocycles. The first-order chi connectivity index (χ1) is 6.29. The summed E-state index contributed by atoms with van der Waals surface area (Å²) in [5.74, 6) is 0.954. The zero-order valence-electron chi connectivity index (χ0n) is 8.13. The molecule has 1 aliphatic heterocycles. The van der Waals surface area contributed by atoms with Crippen LogP contribution in [0.4, 0.5) is 0 Å². The van der Waals surface area contributed by atoms with Crippen molar-refractivity contribution < 1.29 is 4.74 Å². The van der Waals surface area contributed by atoms with Crippen molar-refractivity contribution in [1.29, 1.82) is 0 Å². The van der Waals surface area contributed by atoms with Gasteiger partial charge in [0.1, 0.15) is 5.75 Å². The molecule has 0 bridgehead atoms. The maximum Gasteiger partial charge on any atom is 0.119 e. The Kier molecular flexibility index (Phi) is 2.23. The zero-order valence-corrected chi connectivity index (χ0v) is 8.13. The van der Waals surface area contributed by atoms with E-state index in [0.717, 1.165) is 18.7 Å². The zero-order chi connectivity index (χ0) is 9.26. The van der Waals surface area contributed by atoms with Crippen LogP contribution in [0, 0.1) is 0 Å². The molecular formula is C11H15NO. The summed E-state index contributed by atoms with van der Waals surface area (Å²) in [4.78, 5) is 0. The smallest absolute Gasteiger partial charge is 0.119 e. The van der Waals surface area contributed by atoms with Crippen molar-refractivity contribution >= 4 is 0 Å². The first-order valence-electron chi connectivity index (χ1n) is 4.69. The number of hydrogen-bond donors (Lipinski definition) is 1. The molecule has 0 radical (unpaired) electrons. The van der Waals surface area contributed by atoms with Crippen molar-refractivity contribution in [1.82, 2.24) is 5.32 Å². The third-order valence-corrected chi connectivity index (χ3v) is 2.58. The van der Waals surface area contributed by atoms with Gasteiger partial charge in [-0.15, -0.1) is 0 Å². The monoisotopic (exact) mass is 177 g/mol. The highest BCUT2D eigenvalue weighted by molar-refractivity contribution is 5.37. The van der Waals surface area contributed by atoms with E-state index in [4.69, 9.17) is 4.74 Å². The molecule has 0 aromatic heterocycles. The van der Waals surface area contributed by atoms with Crippen LogP contribution in [0.1, 0.15) is 18.1 Å². The van der Waals surface area contributed by atoms with Gasteiger partial charge in [-0.05, 0) is 36.6 Å². The number of methoxy groups -OCH3 is 1. The van der Waals surface area contributed by atoms with E-state index in [1.807, 2.05) is 6.07 Å². The molecule has 2 rings (SSSR count). The van der Waals surface area contributed by atoms with Crippen LogP contribution < -0.4 is 10.1 Å². The third-order valence-electron chi connectivity index (χ3n) is 2.58. The fourth-order valence-electron chi connectivity index (χ4n) is 1.78. The van der Waals surface area contributed by atoms with E-state index in [1.165, 1.54) is 11.1 Å². The van der Waals surface area contributed by atoms with E-state index in [9.17, 15) is 0 Å². The van der Waals surface area contributed by atoms with Gasteiger partial charge in [-0.3, -0.25) is 0 Å². The molecule has 1 aliphatic rings. The minimum absolute atomic E-state index is 0.598. The Morgan fingerprint density at radius 2 is 2.23 bits per heavy atom. The predicted molar refractivity (Wildman–Crippen MR) is 53.0 cm³/mol. The summed E-state index contributed by atoms with van der Waals surface area (Å²) in [6, 6.07) is 6.93. The van der Waals surface area contributed by atoms with E-state index < -0.39 is 0 Å². The van der Waals surface area contributed by atoms with Gasteiger partial charge in [-0.25, -0.2) is 0 Å². The van der Waals surface area contributed by atoms with Gasteiger partial charge < -0.3 is 10.1 Å². The van der Waals surface area contributed by atoms with Gasteiger partial charge in [0.25, 0.3) is 0 Å². The van der Waals surface area contributed by atoms with Crippen molar-refractivity contribution in [2.24, 2.45) is 0 Å². The normalized spacial score (nSPS) is 20.9. The fraction of sp³-hybridized carbons (Fsp3) is 0.455. The fourth-order valence-corrected chi connectivity index (χ4v) is 1.78. The first kappa shape index (κ1) is 8.57. The van der Waals surface area contributed by atoms with E-state index in [0.29, 0.717) is 6.04 Å². The number of rotatable bonds is 1. The lowest BCUT2D eigenvalue weighted by molar-refractivity contribution is 0.412. The lowest BCUT2D eigenvalue weighted by atomic mass is 9.96. The molecular weight excluding hydrogens is 162 g/mol. The Labute approximate surface area is 78.9 Å². The minimum Gasteiger partial charge on any atom is -0.497 e. The van der Waals surface area contributed by atoms with Gasteiger partial charge in [0, 0.05) is 12.6 Å². The number of ether oxygens (including phenoxy) is 1. The molecule has 2 heteroatoms. The van der Waals surface area contributed by atoms with Crippen LogP contribution in [0.25, 0.3) is 0 Å². The van der Waals surface area contributed by atoms with Crippen molar-refractivity contribution in [3.05, 3.63) is 29.3 Å². The first-order valence-corrected chi connectivity index (χ1v) is 4.69. The maximum atomic E-state index is 5.18. The number of nitrogens with one attached hydrogen (secondary N) is 1. The molecule has 1 N–H and O–H groups in total. The highest BCUT2D eigenvalue weighted by Gasteiger charge is 2.14. The van der Waals surface area contributed by atoms with Gasteiger partial charge >= 0.3 is 0 Å². The highest BCUT2D eigenvalue weighted by atomic mass is 16.5. The van der Waals surface area contributed by atoms with E-state index in [-0.39, 0.29) is 0 Å². The molecule has 1 aromatic rings. The van der Waals surface area contributed by atoms with Crippen molar-refractivity contribution in [2.75, 3.05) is 7.11 Å². The maximum absolute atomic E-state index is 5.18. The van der Waals surface area contributed by atoms with Gasteiger partial charge in [0.05, 0.1) is 7.11 Å². The quantitative estimate of drug-likeness (QED) is 0.705. The number of fused-ring (bicyclic) bond motifs is 1. The summed E-state index contributed by atoms with van der Waals surface area (Å²) in [6.07, 6.45) is 1.12. The van der Waals surface area contributed by atoms with Gasteiger partial charge in [0.2, 0.25) is 0 Å². The summed E-state index contributed by atoms with van der Waals surface area (Å²) in [5.41, 5.74) is 2.82. The van der Waals surface area contributed by atoms with Gasteiger partial charge in [0.15, 0.2) is 0 Å². The molecule has 0 spiro atoms. The van der Waals surface area contributed by atoms with Crippen LogP contribution in [0.3, 0.4) is 0 Å². The minimum atomic E-state index is 0.598. The molecule has 1 aromatic carbocycles. The average molecular weight is 177 g/mol. The number of hydrogen-bond acceptors (Lipinski definition) is 2. The summed E-state index contributed by atoms with van der Waals surface area (Å²) in [7, 11) is 1.71. The molecule has 1 atom stereocenters. The van der Waals surface area contributed by atoms with Gasteiger partial charge in [-0.2, -0.15) is 0 Å². The molecule has 13 heavy (non-hydrogen) atoms. The molecule has 0 fully saturated rings. The highest BCUT2D eigenvalue weighted by Crippen LogP contribution is 2.21. The summed E-state index contributed by atoms with van der Waals surface area (Å²) < 4.78 is 5.18. The molecule has 0 aliphatic carbocycles. The molecule has 0 amide bonds. The molecule has 1 unspecified atom stereocenters. The summed E-state index contributed by atoms with van der Waals surface area (Å²) >= 11 is 0. The van der Waals surface area contributed by atoms with Crippen LogP contribution in [-0.4, -0.2) is 13.2 Å². The topological polar surface area (TPSA) is 21.3 Å². The second-order valence-electron chi connectivity index (χ2n) is 3.62. The molecule has 0 saturated heterocycles. The molecule has 1 heterocycles. The predicted octanol–water partition coefficient (Wildman–Crippen LogP) is 1.73. The Morgan fingerprint density at radius 3 is 3.00 bits per heavy atom. The summed E-state index contributed by atoms with van der Waals surface area (Å²) in [6.45, 7) is 3.18. The average Bonchev–Trinajstić information content (AvgIpc) is 2.17. The van der Waals surface area contributed by atoms with Crippen molar-refractivity contribution in [2.45, 2.75) is 25.9 Å². The number of benzene rings is 1. The Bertz CT molecular complexity index is 309. The largest absolute Gasteiger partial charge is 0.497 e. The molecule has 2 nitrogen and oxygen atoms in total. The second-order valence-corrected chi connectivity index (χ2v) is 3.62. The third kappa shape index (κ3) is 1.68. The van der Waals surface area contributed by atoms with Crippen LogP contribution in [0.15, 0.2) is 18.2 Å². The van der Waals surface area contributed by atoms with Crippen molar-refractivity contribution in [3.8, 4) is 5.75 Å². The van der Waals surface area contributed by atoms with Gasteiger partial charge in [-0.1, -0.05) is 6.07 Å². The lowest BCUT2D eigenvalue weighted by Crippen LogP contribution is -2.32. The second kappa shape index (κ2) is 3.38. The van der Waals surface area contributed by atoms with E-state index in [1.54, 1.807) is 7.11 Å². The van der Waals surface area contributed by atoms with Crippen LogP contribution in [0.2, 0.25) is 0 Å². The van der Waals surface area contributed by atoms with Crippen molar-refractivity contribution in [3.63, 3.8) is 0 Å². The van der Waals surface area contributed by atoms with E-state index >= 15 is 0 Å². The van der Waals surface area contributed by atoms with Crippen LogP contribution >= 0.6 is 0 Å². The Morgan fingerprint density at radius 1 is 1.38 bits per heavy atom. The van der Waals surface area contributed by atoms with E-state index in [2.05, 4.69) is 24.4 Å². The van der Waals surface area contributed by atoms with Crippen LogP contribution in [-0.2, 0) is 13.0 Å². The van der Waals surface area contributed by atoms with Crippen LogP contribution in [0.5, 0.6) is 5.75 Å². The Hall–Kier alpha value is -1.02. The summed E-state index contributed by atoms with van der Waals surface area (Å²) in [5, 5.41) is 3.43. The molecule has 70 valence electrons.